The molecule has 0 aliphatic heterocycles. The van der Waals surface area contributed by atoms with E-state index >= 15 is 0 Å². The van der Waals surface area contributed by atoms with Crippen LogP contribution in [0.4, 0.5) is 0 Å². The van der Waals surface area contributed by atoms with Crippen LogP contribution in [0.5, 0.6) is 0 Å². The van der Waals surface area contributed by atoms with E-state index in [0.29, 0.717) is 6.04 Å². The fourth-order valence-corrected chi connectivity index (χ4v) is 1.95. The molecule has 2 N–H and O–H groups in total. The minimum Gasteiger partial charge on any atom is -0.393 e. The van der Waals surface area contributed by atoms with Crippen molar-refractivity contribution in [3.05, 3.63) is 35.4 Å². The molecular weight excluding hydrogens is 198 g/mol. The Morgan fingerprint density at radius 2 is 1.81 bits per heavy atom. The molecular formula is C14H23NO. The van der Waals surface area contributed by atoms with Gasteiger partial charge in [0.1, 0.15) is 0 Å². The molecule has 0 aromatic heterocycles. The van der Waals surface area contributed by atoms with Crippen LogP contribution in [0.1, 0.15) is 38.3 Å². The van der Waals surface area contributed by atoms with E-state index in [2.05, 4.69) is 43.4 Å². The molecule has 0 aliphatic rings. The third kappa shape index (κ3) is 4.33. The summed E-state index contributed by atoms with van der Waals surface area (Å²) in [7, 11) is 0. The van der Waals surface area contributed by atoms with Crippen LogP contribution in [0.25, 0.3) is 0 Å². The highest BCUT2D eigenvalue weighted by Crippen LogP contribution is 2.09. The summed E-state index contributed by atoms with van der Waals surface area (Å²) in [4.78, 5) is 0. The summed E-state index contributed by atoms with van der Waals surface area (Å²) >= 11 is 0. The largest absolute Gasteiger partial charge is 0.393 e. The Balaban J connectivity index is 2.47. The van der Waals surface area contributed by atoms with E-state index in [4.69, 9.17) is 0 Å². The van der Waals surface area contributed by atoms with Gasteiger partial charge in [-0.3, -0.25) is 0 Å². The third-order valence-electron chi connectivity index (χ3n) is 2.83. The number of rotatable bonds is 6. The molecule has 0 aliphatic carbocycles. The first-order chi connectivity index (χ1) is 7.63. The van der Waals surface area contributed by atoms with Crippen molar-refractivity contribution in [1.29, 1.82) is 0 Å². The van der Waals surface area contributed by atoms with Gasteiger partial charge in [-0.2, -0.15) is 0 Å². The van der Waals surface area contributed by atoms with Crippen molar-refractivity contribution in [2.24, 2.45) is 0 Å². The topological polar surface area (TPSA) is 32.3 Å². The molecule has 16 heavy (non-hydrogen) atoms. The highest BCUT2D eigenvalue weighted by molar-refractivity contribution is 5.26. The summed E-state index contributed by atoms with van der Waals surface area (Å²) in [5.41, 5.74) is 2.77. The molecule has 1 rings (SSSR count). The van der Waals surface area contributed by atoms with Gasteiger partial charge in [-0.05, 0) is 37.8 Å². The fourth-order valence-electron chi connectivity index (χ4n) is 1.95. The molecule has 2 unspecified atom stereocenters. The minimum absolute atomic E-state index is 0.232. The summed E-state index contributed by atoms with van der Waals surface area (Å²) in [5, 5.41) is 12.7. The SMILES string of the molecule is CCc1ccccc1CNC(C)CC(C)O. The molecule has 90 valence electrons. The lowest BCUT2D eigenvalue weighted by atomic mass is 10.0. The highest BCUT2D eigenvalue weighted by atomic mass is 16.3. The van der Waals surface area contributed by atoms with Gasteiger partial charge < -0.3 is 10.4 Å². The van der Waals surface area contributed by atoms with Crippen molar-refractivity contribution < 1.29 is 5.11 Å². The van der Waals surface area contributed by atoms with Crippen molar-refractivity contribution in [2.75, 3.05) is 0 Å². The Kier molecular flexibility index (Phi) is 5.50. The summed E-state index contributed by atoms with van der Waals surface area (Å²) < 4.78 is 0. The zero-order valence-electron chi connectivity index (χ0n) is 10.5. The van der Waals surface area contributed by atoms with Crippen molar-refractivity contribution in [1.82, 2.24) is 5.32 Å². The average molecular weight is 221 g/mol. The van der Waals surface area contributed by atoms with Crippen molar-refractivity contribution in [3.8, 4) is 0 Å². The number of aryl methyl sites for hydroxylation is 1. The summed E-state index contributed by atoms with van der Waals surface area (Å²) in [5.74, 6) is 0. The Bertz CT molecular complexity index is 309. The fraction of sp³-hybridized carbons (Fsp3) is 0.571. The number of hydrogen-bond acceptors (Lipinski definition) is 2. The lowest BCUT2D eigenvalue weighted by Gasteiger charge is -2.16. The van der Waals surface area contributed by atoms with Crippen LogP contribution < -0.4 is 5.32 Å². The van der Waals surface area contributed by atoms with Gasteiger partial charge in [0.15, 0.2) is 0 Å². The maximum absolute atomic E-state index is 9.28. The molecule has 0 fully saturated rings. The zero-order chi connectivity index (χ0) is 12.0. The van der Waals surface area contributed by atoms with Crippen molar-refractivity contribution >= 4 is 0 Å². The van der Waals surface area contributed by atoms with E-state index in [1.165, 1.54) is 11.1 Å². The molecule has 0 amide bonds. The van der Waals surface area contributed by atoms with Crippen LogP contribution in [0.15, 0.2) is 24.3 Å². The first kappa shape index (κ1) is 13.2. The summed E-state index contributed by atoms with van der Waals surface area (Å²) in [6, 6.07) is 8.86. The molecule has 2 heteroatoms. The van der Waals surface area contributed by atoms with Gasteiger partial charge in [0.2, 0.25) is 0 Å². The number of nitrogens with one attached hydrogen (secondary N) is 1. The second-order valence-electron chi connectivity index (χ2n) is 4.49. The van der Waals surface area contributed by atoms with Gasteiger partial charge in [-0.15, -0.1) is 0 Å². The smallest absolute Gasteiger partial charge is 0.0526 e. The summed E-state index contributed by atoms with van der Waals surface area (Å²) in [6.07, 6.45) is 1.64. The average Bonchev–Trinajstić information content (AvgIpc) is 2.26. The monoisotopic (exact) mass is 221 g/mol. The predicted octanol–water partition coefficient (Wildman–Crippen LogP) is 2.50. The van der Waals surface area contributed by atoms with Gasteiger partial charge in [0.05, 0.1) is 6.10 Å². The first-order valence-corrected chi connectivity index (χ1v) is 6.11. The predicted molar refractivity (Wildman–Crippen MR) is 68.4 cm³/mol. The highest BCUT2D eigenvalue weighted by Gasteiger charge is 2.06. The molecule has 2 atom stereocenters. The Hall–Kier alpha value is -0.860. The minimum atomic E-state index is -0.232. The zero-order valence-corrected chi connectivity index (χ0v) is 10.5. The van der Waals surface area contributed by atoms with E-state index in [-0.39, 0.29) is 6.10 Å². The van der Waals surface area contributed by atoms with Crippen LogP contribution in [0, 0.1) is 0 Å². The van der Waals surface area contributed by atoms with Gasteiger partial charge in [-0.25, -0.2) is 0 Å². The van der Waals surface area contributed by atoms with Crippen molar-refractivity contribution in [2.45, 2.75) is 52.3 Å². The molecule has 1 aromatic rings. The molecule has 0 radical (unpaired) electrons. The first-order valence-electron chi connectivity index (χ1n) is 6.11. The molecule has 0 heterocycles. The standard InChI is InChI=1S/C14H23NO/c1-4-13-7-5-6-8-14(13)10-15-11(2)9-12(3)16/h5-8,11-12,15-16H,4,9-10H2,1-3H3. The number of hydrogen-bond donors (Lipinski definition) is 2. The summed E-state index contributed by atoms with van der Waals surface area (Å²) in [6.45, 7) is 7.01. The van der Waals surface area contributed by atoms with Gasteiger partial charge in [0.25, 0.3) is 0 Å². The number of aliphatic hydroxyl groups is 1. The van der Waals surface area contributed by atoms with Crippen LogP contribution in [0.3, 0.4) is 0 Å². The van der Waals surface area contributed by atoms with E-state index in [9.17, 15) is 5.11 Å². The third-order valence-corrected chi connectivity index (χ3v) is 2.83. The Labute approximate surface area is 98.7 Å². The lowest BCUT2D eigenvalue weighted by molar-refractivity contribution is 0.170. The van der Waals surface area contributed by atoms with E-state index in [1.54, 1.807) is 0 Å². The molecule has 0 spiro atoms. The molecule has 1 aromatic carbocycles. The van der Waals surface area contributed by atoms with E-state index < -0.39 is 0 Å². The maximum Gasteiger partial charge on any atom is 0.0526 e. The van der Waals surface area contributed by atoms with E-state index in [1.807, 2.05) is 6.92 Å². The van der Waals surface area contributed by atoms with Gasteiger partial charge >= 0.3 is 0 Å². The normalized spacial score (nSPS) is 14.8. The van der Waals surface area contributed by atoms with Gasteiger partial charge in [-0.1, -0.05) is 31.2 Å². The lowest BCUT2D eigenvalue weighted by Crippen LogP contribution is -2.29. The number of aliphatic hydroxyl groups excluding tert-OH is 1. The molecule has 0 saturated carbocycles. The molecule has 2 nitrogen and oxygen atoms in total. The van der Waals surface area contributed by atoms with Gasteiger partial charge in [0, 0.05) is 12.6 Å². The quantitative estimate of drug-likeness (QED) is 0.773. The van der Waals surface area contributed by atoms with Crippen LogP contribution >= 0.6 is 0 Å². The second kappa shape index (κ2) is 6.66. The Morgan fingerprint density at radius 1 is 1.19 bits per heavy atom. The number of benzene rings is 1. The second-order valence-corrected chi connectivity index (χ2v) is 4.49. The van der Waals surface area contributed by atoms with Crippen LogP contribution in [-0.2, 0) is 13.0 Å². The molecule has 0 bridgehead atoms. The van der Waals surface area contributed by atoms with E-state index in [0.717, 1.165) is 19.4 Å². The van der Waals surface area contributed by atoms with Crippen molar-refractivity contribution in [3.63, 3.8) is 0 Å². The maximum atomic E-state index is 9.28. The molecule has 0 saturated heterocycles. The van der Waals surface area contributed by atoms with Crippen LogP contribution in [0.2, 0.25) is 0 Å². The van der Waals surface area contributed by atoms with Crippen LogP contribution in [-0.4, -0.2) is 17.3 Å². The Morgan fingerprint density at radius 3 is 2.38 bits per heavy atom.